The van der Waals surface area contributed by atoms with Crippen molar-refractivity contribution in [2.45, 2.75) is 19.9 Å². The van der Waals surface area contributed by atoms with Crippen molar-refractivity contribution in [1.82, 2.24) is 4.57 Å². The number of carbonyl (C=O) groups is 1. The van der Waals surface area contributed by atoms with Gasteiger partial charge in [-0.15, -0.1) is 0 Å². The third-order valence-corrected chi connectivity index (χ3v) is 4.16. The quantitative estimate of drug-likeness (QED) is 0.883. The van der Waals surface area contributed by atoms with E-state index in [1.807, 2.05) is 13.0 Å². The molecule has 6 nitrogen and oxygen atoms in total. The minimum Gasteiger partial charge on any atom is -0.493 e. The maximum Gasteiger partial charge on any atom is 0.307 e. The molecule has 2 aromatic rings. The molecule has 22 heavy (non-hydrogen) atoms. The highest BCUT2D eigenvalue weighted by Crippen LogP contribution is 2.34. The second-order valence-electron chi connectivity index (χ2n) is 4.64. The number of aryl methyl sites for hydroxylation is 1. The number of benzene rings is 1. The van der Waals surface area contributed by atoms with Crippen LogP contribution >= 0.6 is 11.3 Å². The third-order valence-electron chi connectivity index (χ3n) is 3.27. The molecular formula is C15H17NO5S. The van der Waals surface area contributed by atoms with Gasteiger partial charge in [-0.3, -0.25) is 14.2 Å². The van der Waals surface area contributed by atoms with Gasteiger partial charge in [-0.2, -0.15) is 0 Å². The first-order valence-electron chi connectivity index (χ1n) is 6.62. The summed E-state index contributed by atoms with van der Waals surface area (Å²) in [5, 5.41) is 8.84. The SMILES string of the molecule is COc1ccc(-c2c(C)sc(=O)n2CCC(=O)O)cc1OC. The van der Waals surface area contributed by atoms with Crippen molar-refractivity contribution in [2.75, 3.05) is 14.2 Å². The highest BCUT2D eigenvalue weighted by atomic mass is 32.1. The second kappa shape index (κ2) is 6.65. The number of carboxylic acids is 1. The molecular weight excluding hydrogens is 306 g/mol. The zero-order valence-electron chi connectivity index (χ0n) is 12.6. The predicted molar refractivity (Wildman–Crippen MR) is 84.1 cm³/mol. The van der Waals surface area contributed by atoms with E-state index in [4.69, 9.17) is 14.6 Å². The number of hydrogen-bond donors (Lipinski definition) is 1. The number of nitrogens with zero attached hydrogens (tertiary/aromatic N) is 1. The van der Waals surface area contributed by atoms with Gasteiger partial charge in [0.05, 0.1) is 26.3 Å². The van der Waals surface area contributed by atoms with Gasteiger partial charge in [-0.1, -0.05) is 11.3 Å². The van der Waals surface area contributed by atoms with Gasteiger partial charge in [0.15, 0.2) is 11.5 Å². The Balaban J connectivity index is 2.52. The number of thiazole rings is 1. The largest absolute Gasteiger partial charge is 0.493 e. The first kappa shape index (κ1) is 16.1. The average molecular weight is 323 g/mol. The minimum absolute atomic E-state index is 0.101. The van der Waals surface area contributed by atoms with E-state index in [-0.39, 0.29) is 17.8 Å². The van der Waals surface area contributed by atoms with Gasteiger partial charge in [0, 0.05) is 17.0 Å². The molecule has 1 N–H and O–H groups in total. The Morgan fingerprint density at radius 2 is 1.95 bits per heavy atom. The van der Waals surface area contributed by atoms with Gasteiger partial charge >= 0.3 is 10.8 Å². The zero-order chi connectivity index (χ0) is 16.3. The van der Waals surface area contributed by atoms with Gasteiger partial charge in [0.2, 0.25) is 0 Å². The molecule has 0 aliphatic carbocycles. The normalized spacial score (nSPS) is 10.5. The summed E-state index contributed by atoms with van der Waals surface area (Å²) >= 11 is 1.11. The van der Waals surface area contributed by atoms with Crippen molar-refractivity contribution >= 4 is 17.3 Å². The first-order chi connectivity index (χ1) is 10.5. The number of methoxy groups -OCH3 is 2. The summed E-state index contributed by atoms with van der Waals surface area (Å²) in [7, 11) is 3.09. The highest BCUT2D eigenvalue weighted by Gasteiger charge is 2.16. The van der Waals surface area contributed by atoms with Gasteiger partial charge in [0.1, 0.15) is 0 Å². The van der Waals surface area contributed by atoms with Gasteiger partial charge in [-0.25, -0.2) is 0 Å². The Hall–Kier alpha value is -2.28. The molecule has 0 atom stereocenters. The minimum atomic E-state index is -0.936. The molecule has 0 radical (unpaired) electrons. The smallest absolute Gasteiger partial charge is 0.307 e. The molecule has 1 aromatic carbocycles. The van der Waals surface area contributed by atoms with E-state index in [9.17, 15) is 9.59 Å². The number of aromatic nitrogens is 1. The molecule has 118 valence electrons. The molecule has 0 aliphatic rings. The highest BCUT2D eigenvalue weighted by molar-refractivity contribution is 7.09. The van der Waals surface area contributed by atoms with Crippen LogP contribution in [0.2, 0.25) is 0 Å². The van der Waals surface area contributed by atoms with E-state index in [1.54, 1.807) is 26.4 Å². The third kappa shape index (κ3) is 3.14. The molecule has 2 rings (SSSR count). The molecule has 1 heterocycles. The van der Waals surface area contributed by atoms with Crippen LogP contribution in [0.15, 0.2) is 23.0 Å². The Labute approximate surface area is 131 Å². The van der Waals surface area contributed by atoms with Crippen molar-refractivity contribution < 1.29 is 19.4 Å². The number of aliphatic carboxylic acids is 1. The van der Waals surface area contributed by atoms with E-state index in [0.717, 1.165) is 27.5 Å². The van der Waals surface area contributed by atoms with E-state index in [1.165, 1.54) is 4.57 Å². The molecule has 0 saturated carbocycles. The van der Waals surface area contributed by atoms with Crippen molar-refractivity contribution in [1.29, 1.82) is 0 Å². The van der Waals surface area contributed by atoms with E-state index in [2.05, 4.69) is 0 Å². The molecule has 0 saturated heterocycles. The lowest BCUT2D eigenvalue weighted by Crippen LogP contribution is -2.16. The summed E-state index contributed by atoms with van der Waals surface area (Å²) in [4.78, 5) is 23.5. The Kier molecular flexibility index (Phi) is 4.87. The van der Waals surface area contributed by atoms with Crippen LogP contribution in [0.4, 0.5) is 0 Å². The summed E-state index contributed by atoms with van der Waals surface area (Å²) in [6.07, 6.45) is -0.101. The van der Waals surface area contributed by atoms with Crippen molar-refractivity contribution in [3.63, 3.8) is 0 Å². The van der Waals surface area contributed by atoms with Crippen LogP contribution < -0.4 is 14.3 Å². The van der Waals surface area contributed by atoms with Crippen LogP contribution in [0.25, 0.3) is 11.3 Å². The zero-order valence-corrected chi connectivity index (χ0v) is 13.4. The van der Waals surface area contributed by atoms with Gasteiger partial charge < -0.3 is 14.6 Å². The van der Waals surface area contributed by atoms with Gasteiger partial charge in [-0.05, 0) is 25.1 Å². The Morgan fingerprint density at radius 3 is 2.55 bits per heavy atom. The average Bonchev–Trinajstić information content (AvgIpc) is 2.78. The summed E-state index contributed by atoms with van der Waals surface area (Å²) in [5.41, 5.74) is 1.51. The summed E-state index contributed by atoms with van der Waals surface area (Å²) in [6, 6.07) is 5.37. The lowest BCUT2D eigenvalue weighted by Gasteiger charge is -2.12. The van der Waals surface area contributed by atoms with E-state index in [0.29, 0.717) is 11.5 Å². The molecule has 0 unspecified atom stereocenters. The molecule has 7 heteroatoms. The number of rotatable bonds is 6. The fourth-order valence-electron chi connectivity index (χ4n) is 2.27. The Bertz CT molecular complexity index is 747. The maximum absolute atomic E-state index is 12.1. The standard InChI is InChI=1S/C15H17NO5S/c1-9-14(16(15(19)22-9)7-6-13(17)18)10-4-5-11(20-2)12(8-10)21-3/h4-5,8H,6-7H2,1-3H3,(H,17,18). The second-order valence-corrected chi connectivity index (χ2v) is 5.80. The first-order valence-corrected chi connectivity index (χ1v) is 7.44. The van der Waals surface area contributed by atoms with Crippen LogP contribution in [0.3, 0.4) is 0 Å². The number of carboxylic acid groups (broad SMARTS) is 1. The van der Waals surface area contributed by atoms with Crippen molar-refractivity contribution in [2.24, 2.45) is 0 Å². The van der Waals surface area contributed by atoms with Crippen LogP contribution in [0, 0.1) is 6.92 Å². The fourth-order valence-corrected chi connectivity index (χ4v) is 3.15. The van der Waals surface area contributed by atoms with Crippen LogP contribution in [0.1, 0.15) is 11.3 Å². The fraction of sp³-hybridized carbons (Fsp3) is 0.333. The lowest BCUT2D eigenvalue weighted by molar-refractivity contribution is -0.137. The van der Waals surface area contributed by atoms with Gasteiger partial charge in [0.25, 0.3) is 0 Å². The van der Waals surface area contributed by atoms with Crippen LogP contribution in [-0.4, -0.2) is 29.9 Å². The maximum atomic E-state index is 12.1. The molecule has 0 amide bonds. The molecule has 0 spiro atoms. The lowest BCUT2D eigenvalue weighted by atomic mass is 10.1. The van der Waals surface area contributed by atoms with Crippen molar-refractivity contribution in [3.05, 3.63) is 32.7 Å². The number of hydrogen-bond acceptors (Lipinski definition) is 5. The molecule has 0 fully saturated rings. The van der Waals surface area contributed by atoms with E-state index < -0.39 is 5.97 Å². The summed E-state index contributed by atoms with van der Waals surface area (Å²) < 4.78 is 12.0. The topological polar surface area (TPSA) is 77.8 Å². The van der Waals surface area contributed by atoms with Crippen molar-refractivity contribution in [3.8, 4) is 22.8 Å². The Morgan fingerprint density at radius 1 is 1.27 bits per heavy atom. The molecule has 0 bridgehead atoms. The van der Waals surface area contributed by atoms with Crippen LogP contribution in [-0.2, 0) is 11.3 Å². The van der Waals surface area contributed by atoms with Crippen LogP contribution in [0.5, 0.6) is 11.5 Å². The predicted octanol–water partition coefficient (Wildman–Crippen LogP) is 2.38. The summed E-state index contributed by atoms with van der Waals surface area (Å²) in [5.74, 6) is 0.218. The monoisotopic (exact) mass is 323 g/mol. The van der Waals surface area contributed by atoms with E-state index >= 15 is 0 Å². The summed E-state index contributed by atoms with van der Waals surface area (Å²) in [6.45, 7) is 1.98. The molecule has 0 aliphatic heterocycles. The number of ether oxygens (including phenoxy) is 2. The molecule has 1 aromatic heterocycles.